The molecular formula is C14H15Cl3N2O2. The molecule has 114 valence electrons. The minimum Gasteiger partial charge on any atom is -0.349 e. The van der Waals surface area contributed by atoms with Crippen molar-refractivity contribution in [2.45, 2.75) is 18.9 Å². The molecule has 4 nitrogen and oxygen atoms in total. The Morgan fingerprint density at radius 2 is 1.86 bits per heavy atom. The Labute approximate surface area is 138 Å². The van der Waals surface area contributed by atoms with Gasteiger partial charge in [0, 0.05) is 24.7 Å². The fourth-order valence-corrected chi connectivity index (χ4v) is 2.73. The lowest BCUT2D eigenvalue weighted by atomic mass is 10.0. The summed E-state index contributed by atoms with van der Waals surface area (Å²) >= 11 is 17.3. The van der Waals surface area contributed by atoms with Crippen LogP contribution in [0.5, 0.6) is 0 Å². The molecular weight excluding hydrogens is 335 g/mol. The smallest absolute Gasteiger partial charge is 0.251 e. The number of rotatable bonds is 3. The first kappa shape index (κ1) is 16.4. The zero-order chi connectivity index (χ0) is 15.4. The van der Waals surface area contributed by atoms with Crippen molar-refractivity contribution in [1.29, 1.82) is 0 Å². The van der Waals surface area contributed by atoms with Gasteiger partial charge in [-0.15, -0.1) is 11.6 Å². The fraction of sp³-hybridized carbons (Fsp3) is 0.429. The van der Waals surface area contributed by atoms with Crippen LogP contribution in [-0.2, 0) is 4.79 Å². The van der Waals surface area contributed by atoms with Crippen LogP contribution < -0.4 is 5.32 Å². The molecule has 0 spiro atoms. The number of benzene rings is 1. The predicted octanol–water partition coefficient (Wildman–Crippen LogP) is 2.95. The van der Waals surface area contributed by atoms with Crippen LogP contribution in [0.25, 0.3) is 0 Å². The number of nitrogens with one attached hydrogen (secondary N) is 1. The van der Waals surface area contributed by atoms with Gasteiger partial charge in [0.15, 0.2) is 0 Å². The summed E-state index contributed by atoms with van der Waals surface area (Å²) in [5, 5.41) is 3.72. The van der Waals surface area contributed by atoms with E-state index < -0.39 is 0 Å². The third-order valence-electron chi connectivity index (χ3n) is 3.48. The first-order valence-corrected chi connectivity index (χ1v) is 7.90. The molecule has 1 heterocycles. The van der Waals surface area contributed by atoms with E-state index in [0.29, 0.717) is 28.7 Å². The molecule has 0 atom stereocenters. The normalized spacial score (nSPS) is 15.9. The summed E-state index contributed by atoms with van der Waals surface area (Å²) in [6.07, 6.45) is 1.44. The number of likely N-dealkylation sites (tertiary alicyclic amines) is 1. The van der Waals surface area contributed by atoms with Gasteiger partial charge in [0.05, 0.1) is 10.0 Å². The summed E-state index contributed by atoms with van der Waals surface area (Å²) in [6, 6.07) is 4.83. The van der Waals surface area contributed by atoms with Crippen molar-refractivity contribution in [3.05, 3.63) is 33.8 Å². The molecule has 0 saturated carbocycles. The summed E-state index contributed by atoms with van der Waals surface area (Å²) in [5.74, 6) is -0.248. The lowest BCUT2D eigenvalue weighted by molar-refractivity contribution is -0.129. The molecule has 21 heavy (non-hydrogen) atoms. The summed E-state index contributed by atoms with van der Waals surface area (Å²) in [7, 11) is 0. The molecule has 1 aromatic carbocycles. The van der Waals surface area contributed by atoms with Crippen LogP contribution in [0.2, 0.25) is 10.0 Å². The highest BCUT2D eigenvalue weighted by molar-refractivity contribution is 6.42. The molecule has 2 rings (SSSR count). The number of alkyl halides is 1. The predicted molar refractivity (Wildman–Crippen MR) is 84.3 cm³/mol. The number of halogens is 3. The lowest BCUT2D eigenvalue weighted by Gasteiger charge is -2.32. The van der Waals surface area contributed by atoms with Crippen LogP contribution in [0.15, 0.2) is 18.2 Å². The van der Waals surface area contributed by atoms with Crippen molar-refractivity contribution < 1.29 is 9.59 Å². The first-order chi connectivity index (χ1) is 10.0. The Bertz CT molecular complexity index is 543. The Morgan fingerprint density at radius 1 is 1.19 bits per heavy atom. The SMILES string of the molecule is O=C(NC1CCN(C(=O)CCl)CC1)c1ccc(Cl)c(Cl)c1. The van der Waals surface area contributed by atoms with E-state index in [1.165, 1.54) is 0 Å². The number of nitrogens with zero attached hydrogens (tertiary/aromatic N) is 1. The fourth-order valence-electron chi connectivity index (χ4n) is 2.26. The highest BCUT2D eigenvalue weighted by Gasteiger charge is 2.23. The molecule has 1 aliphatic rings. The van der Waals surface area contributed by atoms with Gasteiger partial charge >= 0.3 is 0 Å². The molecule has 1 aromatic rings. The third-order valence-corrected chi connectivity index (χ3v) is 4.45. The van der Waals surface area contributed by atoms with Crippen molar-refractivity contribution >= 4 is 46.6 Å². The van der Waals surface area contributed by atoms with Crippen molar-refractivity contribution in [3.8, 4) is 0 Å². The zero-order valence-corrected chi connectivity index (χ0v) is 13.5. The number of carbonyl (C=O) groups is 2. The van der Waals surface area contributed by atoms with Crippen LogP contribution in [-0.4, -0.2) is 41.7 Å². The van der Waals surface area contributed by atoms with E-state index in [-0.39, 0.29) is 23.7 Å². The van der Waals surface area contributed by atoms with Gasteiger partial charge in [0.1, 0.15) is 5.88 Å². The molecule has 1 aliphatic heterocycles. The van der Waals surface area contributed by atoms with Gasteiger partial charge in [0.25, 0.3) is 5.91 Å². The van der Waals surface area contributed by atoms with Crippen LogP contribution in [0.4, 0.5) is 0 Å². The van der Waals surface area contributed by atoms with E-state index in [1.807, 2.05) is 0 Å². The van der Waals surface area contributed by atoms with Crippen LogP contribution >= 0.6 is 34.8 Å². The number of piperidine rings is 1. The van der Waals surface area contributed by atoms with Crippen molar-refractivity contribution in [1.82, 2.24) is 10.2 Å². The van der Waals surface area contributed by atoms with Gasteiger partial charge in [-0.1, -0.05) is 23.2 Å². The van der Waals surface area contributed by atoms with E-state index in [2.05, 4.69) is 5.32 Å². The van der Waals surface area contributed by atoms with Crippen LogP contribution in [0, 0.1) is 0 Å². The second-order valence-corrected chi connectivity index (χ2v) is 5.97. The summed E-state index contributed by atoms with van der Waals surface area (Å²) in [5.41, 5.74) is 0.476. The molecule has 7 heteroatoms. The molecule has 0 radical (unpaired) electrons. The summed E-state index contributed by atoms with van der Waals surface area (Å²) < 4.78 is 0. The van der Waals surface area contributed by atoms with Crippen LogP contribution in [0.3, 0.4) is 0 Å². The summed E-state index contributed by atoms with van der Waals surface area (Å²) in [6.45, 7) is 1.22. The van der Waals surface area contributed by atoms with Gasteiger partial charge in [0.2, 0.25) is 5.91 Å². The molecule has 0 aromatic heterocycles. The topological polar surface area (TPSA) is 49.4 Å². The Kier molecular flexibility index (Phi) is 5.73. The highest BCUT2D eigenvalue weighted by atomic mass is 35.5. The molecule has 2 amide bonds. The third kappa shape index (κ3) is 4.25. The van der Waals surface area contributed by atoms with E-state index in [1.54, 1.807) is 23.1 Å². The van der Waals surface area contributed by atoms with Gasteiger partial charge in [-0.3, -0.25) is 9.59 Å². The zero-order valence-electron chi connectivity index (χ0n) is 11.2. The van der Waals surface area contributed by atoms with E-state index in [9.17, 15) is 9.59 Å². The minimum atomic E-state index is -0.185. The summed E-state index contributed by atoms with van der Waals surface area (Å²) in [4.78, 5) is 25.3. The number of hydrogen-bond donors (Lipinski definition) is 1. The minimum absolute atomic E-state index is 0.000297. The Morgan fingerprint density at radius 3 is 2.43 bits per heavy atom. The molecule has 0 unspecified atom stereocenters. The maximum Gasteiger partial charge on any atom is 0.251 e. The number of amides is 2. The van der Waals surface area contributed by atoms with Crippen LogP contribution in [0.1, 0.15) is 23.2 Å². The first-order valence-electron chi connectivity index (χ1n) is 6.61. The van der Waals surface area contributed by atoms with Gasteiger partial charge in [-0.05, 0) is 31.0 Å². The Hall–Kier alpha value is -0.970. The largest absolute Gasteiger partial charge is 0.349 e. The molecule has 1 N–H and O–H groups in total. The lowest BCUT2D eigenvalue weighted by Crippen LogP contribution is -2.46. The van der Waals surface area contributed by atoms with E-state index >= 15 is 0 Å². The second kappa shape index (κ2) is 7.34. The van der Waals surface area contributed by atoms with Crippen molar-refractivity contribution in [3.63, 3.8) is 0 Å². The maximum absolute atomic E-state index is 12.1. The standard InChI is InChI=1S/C14H15Cl3N2O2/c15-8-13(20)19-5-3-10(4-6-19)18-14(21)9-1-2-11(16)12(17)7-9/h1-2,7,10H,3-6,8H2,(H,18,21). The van der Waals surface area contributed by atoms with E-state index in [0.717, 1.165) is 12.8 Å². The molecule has 0 aliphatic carbocycles. The maximum atomic E-state index is 12.1. The quantitative estimate of drug-likeness (QED) is 0.853. The van der Waals surface area contributed by atoms with Gasteiger partial charge < -0.3 is 10.2 Å². The average Bonchev–Trinajstić information content (AvgIpc) is 2.50. The van der Waals surface area contributed by atoms with Crippen molar-refractivity contribution in [2.24, 2.45) is 0 Å². The van der Waals surface area contributed by atoms with Gasteiger partial charge in [-0.25, -0.2) is 0 Å². The molecule has 1 saturated heterocycles. The van der Waals surface area contributed by atoms with E-state index in [4.69, 9.17) is 34.8 Å². The number of carbonyl (C=O) groups excluding carboxylic acids is 2. The molecule has 0 bridgehead atoms. The second-order valence-electron chi connectivity index (χ2n) is 4.89. The number of hydrogen-bond acceptors (Lipinski definition) is 2. The van der Waals surface area contributed by atoms with Gasteiger partial charge in [-0.2, -0.15) is 0 Å². The average molecular weight is 350 g/mol. The highest BCUT2D eigenvalue weighted by Crippen LogP contribution is 2.22. The monoisotopic (exact) mass is 348 g/mol. The van der Waals surface area contributed by atoms with Crippen molar-refractivity contribution in [2.75, 3.05) is 19.0 Å². The Balaban J connectivity index is 1.89. The molecule has 1 fully saturated rings.